The molecule has 2 rings (SSSR count). The van der Waals surface area contributed by atoms with Crippen molar-refractivity contribution in [1.82, 2.24) is 4.98 Å². The normalized spacial score (nSPS) is 10.2. The lowest BCUT2D eigenvalue weighted by Gasteiger charge is -2.22. The highest BCUT2D eigenvalue weighted by atomic mass is 19.1. The zero-order valence-electron chi connectivity index (χ0n) is 11.0. The highest BCUT2D eigenvalue weighted by Crippen LogP contribution is 2.23. The van der Waals surface area contributed by atoms with Gasteiger partial charge in [-0.25, -0.2) is 4.39 Å². The molecule has 1 aromatic carbocycles. The monoisotopic (exact) mass is 274 g/mol. The fourth-order valence-corrected chi connectivity index (χ4v) is 1.93. The number of halogens is 1. The van der Waals surface area contributed by atoms with Gasteiger partial charge in [-0.3, -0.25) is 15.6 Å². The minimum Gasteiger partial charge on any atom is -0.323 e. The van der Waals surface area contributed by atoms with Crippen LogP contribution in [0.1, 0.15) is 17.3 Å². The van der Waals surface area contributed by atoms with Crippen LogP contribution in [0.5, 0.6) is 0 Å². The predicted octanol–water partition coefficient (Wildman–Crippen LogP) is 2.17. The second-order valence-corrected chi connectivity index (χ2v) is 4.07. The molecule has 0 radical (unpaired) electrons. The van der Waals surface area contributed by atoms with E-state index in [0.717, 1.165) is 0 Å². The van der Waals surface area contributed by atoms with Crippen molar-refractivity contribution in [2.75, 3.05) is 16.9 Å². The summed E-state index contributed by atoms with van der Waals surface area (Å²) in [6.45, 7) is 2.11. The van der Waals surface area contributed by atoms with Gasteiger partial charge in [0.1, 0.15) is 5.82 Å². The number of pyridine rings is 1. The second-order valence-electron chi connectivity index (χ2n) is 4.07. The molecule has 0 fully saturated rings. The Morgan fingerprint density at radius 3 is 2.80 bits per heavy atom. The van der Waals surface area contributed by atoms with Gasteiger partial charge in [-0.1, -0.05) is 12.1 Å². The molecule has 0 saturated heterocycles. The zero-order valence-corrected chi connectivity index (χ0v) is 11.0. The molecule has 5 nitrogen and oxygen atoms in total. The molecule has 1 aromatic heterocycles. The Morgan fingerprint density at radius 1 is 1.40 bits per heavy atom. The molecule has 0 unspecified atom stereocenters. The Bertz CT molecular complexity index is 618. The van der Waals surface area contributed by atoms with Gasteiger partial charge in [0.25, 0.3) is 5.91 Å². The van der Waals surface area contributed by atoms with Crippen LogP contribution in [0.3, 0.4) is 0 Å². The van der Waals surface area contributed by atoms with E-state index in [2.05, 4.69) is 10.4 Å². The number of aromatic nitrogens is 1. The van der Waals surface area contributed by atoms with Crippen molar-refractivity contribution in [2.24, 2.45) is 5.84 Å². The number of nitrogens with two attached hydrogens (primary N) is 1. The fourth-order valence-electron chi connectivity index (χ4n) is 1.93. The number of rotatable bonds is 4. The van der Waals surface area contributed by atoms with Crippen molar-refractivity contribution in [3.63, 3.8) is 0 Å². The third-order valence-corrected chi connectivity index (χ3v) is 2.91. The summed E-state index contributed by atoms with van der Waals surface area (Å²) in [5.74, 6) is 4.56. The van der Waals surface area contributed by atoms with E-state index in [4.69, 9.17) is 5.84 Å². The summed E-state index contributed by atoms with van der Waals surface area (Å²) in [6.07, 6.45) is 2.92. The topological polar surface area (TPSA) is 71.2 Å². The number of amides is 1. The third-order valence-electron chi connectivity index (χ3n) is 2.91. The standard InChI is InChI=1S/C14H15FN4O/c1-2-19(13-6-4-3-5-11(13)15)14(20)10-9-17-8-7-12(10)18-16/h3-9H,2,16H2,1H3,(H,17,18). The maximum atomic E-state index is 13.8. The van der Waals surface area contributed by atoms with E-state index in [1.54, 1.807) is 31.2 Å². The van der Waals surface area contributed by atoms with Crippen LogP contribution < -0.4 is 16.2 Å². The molecule has 1 amide bonds. The molecule has 104 valence electrons. The van der Waals surface area contributed by atoms with Gasteiger partial charge >= 0.3 is 0 Å². The van der Waals surface area contributed by atoms with Crippen LogP contribution in [0.2, 0.25) is 0 Å². The number of benzene rings is 1. The van der Waals surface area contributed by atoms with Crippen molar-refractivity contribution in [1.29, 1.82) is 0 Å². The summed E-state index contributed by atoms with van der Waals surface area (Å²) in [5, 5.41) is 0. The molecular formula is C14H15FN4O. The third kappa shape index (κ3) is 2.60. The lowest BCUT2D eigenvalue weighted by molar-refractivity contribution is 0.0988. The lowest BCUT2D eigenvalue weighted by atomic mass is 10.2. The van der Waals surface area contributed by atoms with E-state index in [0.29, 0.717) is 17.8 Å². The van der Waals surface area contributed by atoms with Gasteiger partial charge in [0, 0.05) is 18.9 Å². The van der Waals surface area contributed by atoms with E-state index in [1.165, 1.54) is 23.4 Å². The Labute approximate surface area is 116 Å². The number of carbonyl (C=O) groups excluding carboxylic acids is 1. The summed E-state index contributed by atoms with van der Waals surface area (Å²) in [6, 6.07) is 7.72. The summed E-state index contributed by atoms with van der Waals surface area (Å²) in [5.41, 5.74) is 3.40. The smallest absolute Gasteiger partial charge is 0.262 e. The van der Waals surface area contributed by atoms with Crippen molar-refractivity contribution in [3.8, 4) is 0 Å². The fraction of sp³-hybridized carbons (Fsp3) is 0.143. The van der Waals surface area contributed by atoms with E-state index >= 15 is 0 Å². The van der Waals surface area contributed by atoms with Gasteiger partial charge in [-0.05, 0) is 25.1 Å². The minimum absolute atomic E-state index is 0.229. The zero-order chi connectivity index (χ0) is 14.5. The number of carbonyl (C=O) groups is 1. The van der Waals surface area contributed by atoms with E-state index < -0.39 is 5.82 Å². The molecule has 3 N–H and O–H groups in total. The Balaban J connectivity index is 2.42. The maximum Gasteiger partial charge on any atom is 0.262 e. The lowest BCUT2D eigenvalue weighted by Crippen LogP contribution is -2.32. The first-order valence-electron chi connectivity index (χ1n) is 6.16. The van der Waals surface area contributed by atoms with Gasteiger partial charge < -0.3 is 10.3 Å². The van der Waals surface area contributed by atoms with Gasteiger partial charge in [0.2, 0.25) is 0 Å². The van der Waals surface area contributed by atoms with Crippen LogP contribution in [0.15, 0.2) is 42.7 Å². The van der Waals surface area contributed by atoms with Gasteiger partial charge in [0.05, 0.1) is 16.9 Å². The summed E-state index contributed by atoms with van der Waals surface area (Å²) in [7, 11) is 0. The van der Waals surface area contributed by atoms with Crippen molar-refractivity contribution >= 4 is 17.3 Å². The Kier molecular flexibility index (Phi) is 4.27. The molecule has 6 heteroatoms. The average Bonchev–Trinajstić information content (AvgIpc) is 2.49. The van der Waals surface area contributed by atoms with Crippen LogP contribution in [0, 0.1) is 5.82 Å². The maximum absolute atomic E-state index is 13.8. The van der Waals surface area contributed by atoms with E-state index in [-0.39, 0.29) is 11.6 Å². The van der Waals surface area contributed by atoms with Crippen LogP contribution in [-0.4, -0.2) is 17.4 Å². The number of nitrogens with one attached hydrogen (secondary N) is 1. The number of hydrazine groups is 1. The largest absolute Gasteiger partial charge is 0.323 e. The first-order chi connectivity index (χ1) is 9.69. The first kappa shape index (κ1) is 14.0. The molecule has 20 heavy (non-hydrogen) atoms. The number of anilines is 2. The summed E-state index contributed by atoms with van der Waals surface area (Å²) in [4.78, 5) is 17.8. The molecule has 0 spiro atoms. The van der Waals surface area contributed by atoms with Gasteiger partial charge in [0.15, 0.2) is 0 Å². The van der Waals surface area contributed by atoms with Gasteiger partial charge in [-0.2, -0.15) is 0 Å². The molecule has 0 aliphatic rings. The SMILES string of the molecule is CCN(C(=O)c1cnccc1NN)c1ccccc1F. The quantitative estimate of drug-likeness (QED) is 0.662. The highest BCUT2D eigenvalue weighted by Gasteiger charge is 2.21. The molecule has 0 bridgehead atoms. The molecule has 0 atom stereocenters. The van der Waals surface area contributed by atoms with Crippen LogP contribution >= 0.6 is 0 Å². The summed E-state index contributed by atoms with van der Waals surface area (Å²) >= 11 is 0. The van der Waals surface area contributed by atoms with Crippen LogP contribution in [0.25, 0.3) is 0 Å². The van der Waals surface area contributed by atoms with Crippen molar-refractivity contribution in [3.05, 3.63) is 54.1 Å². The number of hydrogen-bond donors (Lipinski definition) is 2. The Morgan fingerprint density at radius 2 is 2.15 bits per heavy atom. The minimum atomic E-state index is -0.450. The van der Waals surface area contributed by atoms with E-state index in [1.807, 2.05) is 0 Å². The van der Waals surface area contributed by atoms with Gasteiger partial charge in [-0.15, -0.1) is 0 Å². The molecule has 2 aromatic rings. The average molecular weight is 274 g/mol. The molecular weight excluding hydrogens is 259 g/mol. The molecule has 1 heterocycles. The first-order valence-corrected chi connectivity index (χ1v) is 6.16. The second kappa shape index (κ2) is 6.12. The number of nitrogens with zero attached hydrogens (tertiary/aromatic N) is 2. The van der Waals surface area contributed by atoms with Crippen molar-refractivity contribution < 1.29 is 9.18 Å². The van der Waals surface area contributed by atoms with E-state index in [9.17, 15) is 9.18 Å². The Hall–Kier alpha value is -2.47. The van der Waals surface area contributed by atoms with Crippen LogP contribution in [0.4, 0.5) is 15.8 Å². The number of hydrogen-bond acceptors (Lipinski definition) is 4. The van der Waals surface area contributed by atoms with Crippen LogP contribution in [-0.2, 0) is 0 Å². The highest BCUT2D eigenvalue weighted by molar-refractivity contribution is 6.09. The molecule has 0 aliphatic carbocycles. The number of para-hydroxylation sites is 1. The summed E-state index contributed by atoms with van der Waals surface area (Å²) < 4.78 is 13.8. The number of nitrogen functional groups attached to an aromatic ring is 1. The predicted molar refractivity (Wildman–Crippen MR) is 75.8 cm³/mol. The molecule has 0 saturated carbocycles. The van der Waals surface area contributed by atoms with Crippen molar-refractivity contribution in [2.45, 2.75) is 6.92 Å². The molecule has 0 aliphatic heterocycles.